The van der Waals surface area contributed by atoms with Crippen LogP contribution in [0.3, 0.4) is 0 Å². The first-order chi connectivity index (χ1) is 17.9. The molecule has 0 saturated carbocycles. The van der Waals surface area contributed by atoms with Crippen molar-refractivity contribution in [2.75, 3.05) is 68.8 Å². The van der Waals surface area contributed by atoms with Gasteiger partial charge in [-0.2, -0.15) is 0 Å². The molecule has 1 aromatic rings. The average Bonchev–Trinajstić information content (AvgIpc) is 2.89. The molecule has 1 spiro atoms. The van der Waals surface area contributed by atoms with E-state index in [0.29, 0.717) is 36.9 Å². The number of ether oxygens (including phenoxy) is 1. The highest BCUT2D eigenvalue weighted by Gasteiger charge is 2.39. The number of aromatic nitrogens is 1. The molecule has 204 valence electrons. The second-order valence-electron chi connectivity index (χ2n) is 11.0. The Hall–Kier alpha value is -2.26. The Balaban J connectivity index is 1.30. The summed E-state index contributed by atoms with van der Waals surface area (Å²) in [5.41, 5.74) is 1.54. The molecule has 4 aliphatic rings. The number of nitrogens with zero attached hydrogens (tertiary/aromatic N) is 5. The number of piperidine rings is 1. The SMILES string of the molecule is C=CC(=O)N1CCN(C2CN(c3cc(N4CCC5(CCCCO5)CC4)nc(C(F)F)c3CCC)C2)CC1. The quantitative estimate of drug-likeness (QED) is 0.509. The molecule has 37 heavy (non-hydrogen) atoms. The van der Waals surface area contributed by atoms with Crippen LogP contribution in [0.15, 0.2) is 18.7 Å². The number of halogens is 2. The van der Waals surface area contributed by atoms with E-state index < -0.39 is 6.43 Å². The van der Waals surface area contributed by atoms with E-state index in [1.807, 2.05) is 11.8 Å². The third-order valence-corrected chi connectivity index (χ3v) is 8.78. The number of hydrogen-bond acceptors (Lipinski definition) is 6. The van der Waals surface area contributed by atoms with E-state index in [1.165, 1.54) is 12.5 Å². The minimum Gasteiger partial charge on any atom is -0.375 e. The first-order valence-electron chi connectivity index (χ1n) is 14.0. The Labute approximate surface area is 219 Å². The summed E-state index contributed by atoms with van der Waals surface area (Å²) in [6.07, 6.45) is 5.48. The first-order valence-corrected chi connectivity index (χ1v) is 14.0. The normalized spacial score (nSPS) is 23.0. The number of amides is 1. The Morgan fingerprint density at radius 3 is 2.46 bits per heavy atom. The van der Waals surface area contributed by atoms with Crippen molar-refractivity contribution in [1.82, 2.24) is 14.8 Å². The monoisotopic (exact) mass is 517 g/mol. The molecular weight excluding hydrogens is 476 g/mol. The Morgan fingerprint density at radius 1 is 1.14 bits per heavy atom. The average molecular weight is 518 g/mol. The Morgan fingerprint density at radius 2 is 1.86 bits per heavy atom. The van der Waals surface area contributed by atoms with Crippen molar-refractivity contribution in [1.29, 1.82) is 0 Å². The van der Waals surface area contributed by atoms with Gasteiger partial charge in [0.2, 0.25) is 5.91 Å². The minimum absolute atomic E-state index is 0.0124. The first kappa shape index (κ1) is 26.4. The number of rotatable bonds is 7. The van der Waals surface area contributed by atoms with Gasteiger partial charge >= 0.3 is 0 Å². The van der Waals surface area contributed by atoms with Crippen molar-refractivity contribution in [3.8, 4) is 0 Å². The number of piperazine rings is 1. The summed E-state index contributed by atoms with van der Waals surface area (Å²) in [5, 5.41) is 0. The van der Waals surface area contributed by atoms with Crippen LogP contribution < -0.4 is 9.80 Å². The van der Waals surface area contributed by atoms with Gasteiger partial charge < -0.3 is 19.4 Å². The molecule has 4 saturated heterocycles. The lowest BCUT2D eigenvalue weighted by Crippen LogP contribution is -2.63. The van der Waals surface area contributed by atoms with Gasteiger partial charge in [-0.1, -0.05) is 19.9 Å². The minimum atomic E-state index is -2.59. The summed E-state index contributed by atoms with van der Waals surface area (Å²) in [5.74, 6) is 0.664. The predicted octanol–water partition coefficient (Wildman–Crippen LogP) is 4.03. The molecule has 0 aliphatic carbocycles. The fourth-order valence-electron chi connectivity index (χ4n) is 6.46. The molecule has 1 amide bonds. The number of carbonyl (C=O) groups is 1. The molecule has 0 atom stereocenters. The van der Waals surface area contributed by atoms with Gasteiger partial charge in [0.15, 0.2) is 0 Å². The molecule has 0 aromatic carbocycles. The van der Waals surface area contributed by atoms with E-state index in [2.05, 4.69) is 32.3 Å². The summed E-state index contributed by atoms with van der Waals surface area (Å²) < 4.78 is 34.7. The van der Waals surface area contributed by atoms with Crippen molar-refractivity contribution < 1.29 is 18.3 Å². The van der Waals surface area contributed by atoms with Crippen LogP contribution >= 0.6 is 0 Å². The molecule has 0 radical (unpaired) electrons. The van der Waals surface area contributed by atoms with E-state index in [4.69, 9.17) is 4.74 Å². The third kappa shape index (κ3) is 5.48. The molecular formula is C28H41F2N5O2. The lowest BCUT2D eigenvalue weighted by atomic mass is 9.84. The van der Waals surface area contributed by atoms with Gasteiger partial charge in [-0.3, -0.25) is 9.69 Å². The summed E-state index contributed by atoms with van der Waals surface area (Å²) in [6.45, 7) is 12.7. The zero-order valence-corrected chi connectivity index (χ0v) is 22.1. The number of alkyl halides is 2. The van der Waals surface area contributed by atoms with Gasteiger partial charge in [0.1, 0.15) is 11.5 Å². The topological polar surface area (TPSA) is 52.2 Å². The lowest BCUT2D eigenvalue weighted by Gasteiger charge is -2.50. The van der Waals surface area contributed by atoms with Crippen LogP contribution in [0.25, 0.3) is 0 Å². The second kappa shape index (κ2) is 11.2. The van der Waals surface area contributed by atoms with Gasteiger partial charge in [0.25, 0.3) is 6.43 Å². The maximum absolute atomic E-state index is 14.3. The zero-order valence-electron chi connectivity index (χ0n) is 22.1. The lowest BCUT2D eigenvalue weighted by molar-refractivity contribution is -0.128. The van der Waals surface area contributed by atoms with Crippen LogP contribution in [0.4, 0.5) is 20.3 Å². The highest BCUT2D eigenvalue weighted by Crippen LogP contribution is 2.40. The van der Waals surface area contributed by atoms with E-state index in [9.17, 15) is 13.6 Å². The van der Waals surface area contributed by atoms with Crippen LogP contribution in [-0.2, 0) is 16.0 Å². The van der Waals surface area contributed by atoms with Crippen molar-refractivity contribution in [2.24, 2.45) is 0 Å². The molecule has 0 unspecified atom stereocenters. The van der Waals surface area contributed by atoms with E-state index >= 15 is 0 Å². The standard InChI is InChI=1S/C28H41F2N5O2/c1-3-7-22-23(35-19-21(20-35)32-13-15-34(16-14-32)25(36)4-2)18-24(31-26(22)27(29)30)33-11-9-28(10-12-33)8-5-6-17-37-28/h4,18,21,27H,2-3,5-17,19-20H2,1H3. The van der Waals surface area contributed by atoms with Crippen LogP contribution in [0, 0.1) is 0 Å². The van der Waals surface area contributed by atoms with Crippen LogP contribution in [0.1, 0.15) is 63.1 Å². The Bertz CT molecular complexity index is 960. The van der Waals surface area contributed by atoms with E-state index in [0.717, 1.165) is 83.7 Å². The number of pyridine rings is 1. The van der Waals surface area contributed by atoms with Crippen molar-refractivity contribution in [3.63, 3.8) is 0 Å². The van der Waals surface area contributed by atoms with Crippen molar-refractivity contribution >= 4 is 17.4 Å². The number of anilines is 2. The second-order valence-corrected chi connectivity index (χ2v) is 11.0. The molecule has 0 bridgehead atoms. The summed E-state index contributed by atoms with van der Waals surface area (Å²) in [4.78, 5) is 25.1. The number of hydrogen-bond donors (Lipinski definition) is 0. The predicted molar refractivity (Wildman–Crippen MR) is 142 cm³/mol. The largest absolute Gasteiger partial charge is 0.375 e. The third-order valence-electron chi connectivity index (χ3n) is 8.78. The molecule has 7 nitrogen and oxygen atoms in total. The smallest absolute Gasteiger partial charge is 0.280 e. The van der Waals surface area contributed by atoms with Crippen molar-refractivity contribution in [2.45, 2.75) is 69.9 Å². The maximum Gasteiger partial charge on any atom is 0.280 e. The van der Waals surface area contributed by atoms with Gasteiger partial charge in [0, 0.05) is 82.3 Å². The van der Waals surface area contributed by atoms with Gasteiger partial charge in [0.05, 0.1) is 5.60 Å². The molecule has 1 aromatic heterocycles. The summed E-state index contributed by atoms with van der Waals surface area (Å²) in [7, 11) is 0. The van der Waals surface area contributed by atoms with Gasteiger partial charge in [-0.15, -0.1) is 0 Å². The summed E-state index contributed by atoms with van der Waals surface area (Å²) in [6, 6.07) is 2.44. The Kier molecular flexibility index (Phi) is 8.00. The maximum atomic E-state index is 14.3. The van der Waals surface area contributed by atoms with E-state index in [-0.39, 0.29) is 17.2 Å². The van der Waals surface area contributed by atoms with E-state index in [1.54, 1.807) is 0 Å². The molecule has 4 fully saturated rings. The molecule has 5 heterocycles. The highest BCUT2D eigenvalue weighted by molar-refractivity contribution is 5.87. The zero-order chi connectivity index (χ0) is 26.0. The highest BCUT2D eigenvalue weighted by atomic mass is 19.3. The fourth-order valence-corrected chi connectivity index (χ4v) is 6.46. The van der Waals surface area contributed by atoms with Crippen LogP contribution in [0.2, 0.25) is 0 Å². The van der Waals surface area contributed by atoms with Crippen LogP contribution in [0.5, 0.6) is 0 Å². The van der Waals surface area contributed by atoms with Gasteiger partial charge in [-0.25, -0.2) is 13.8 Å². The molecule has 0 N–H and O–H groups in total. The van der Waals surface area contributed by atoms with Crippen molar-refractivity contribution in [3.05, 3.63) is 30.0 Å². The van der Waals surface area contributed by atoms with Crippen LogP contribution in [-0.4, -0.2) is 91.3 Å². The van der Waals surface area contributed by atoms with Gasteiger partial charge in [-0.05, 0) is 44.6 Å². The fraction of sp³-hybridized carbons (Fsp3) is 0.714. The molecule has 4 aliphatic heterocycles. The number of carbonyl (C=O) groups excluding carboxylic acids is 1. The molecule has 9 heteroatoms. The molecule has 5 rings (SSSR count). The summed E-state index contributed by atoms with van der Waals surface area (Å²) >= 11 is 0.